The number of nitrogens with zero attached hydrogens (tertiary/aromatic N) is 3. The Bertz CT molecular complexity index is 1060. The SMILES string of the molecule is COC(=O)c1cc(-c2ccn3nc(NC(=O)OC(C)(C)C)nc3c2)ccc1Cl. The predicted molar refractivity (Wildman–Crippen MR) is 105 cm³/mol. The molecule has 2 heterocycles. The summed E-state index contributed by atoms with van der Waals surface area (Å²) in [6.07, 6.45) is 1.06. The van der Waals surface area contributed by atoms with Gasteiger partial charge in [0.2, 0.25) is 0 Å². The minimum absolute atomic E-state index is 0.123. The molecule has 0 saturated heterocycles. The van der Waals surface area contributed by atoms with Gasteiger partial charge in [-0.1, -0.05) is 17.7 Å². The highest BCUT2D eigenvalue weighted by molar-refractivity contribution is 6.33. The van der Waals surface area contributed by atoms with Crippen LogP contribution in [0.4, 0.5) is 10.7 Å². The summed E-state index contributed by atoms with van der Waals surface area (Å²) in [6.45, 7) is 5.31. The fraction of sp³-hybridized carbons (Fsp3) is 0.263. The molecule has 0 radical (unpaired) electrons. The monoisotopic (exact) mass is 402 g/mol. The lowest BCUT2D eigenvalue weighted by molar-refractivity contribution is 0.0598. The Labute approximate surface area is 166 Å². The topological polar surface area (TPSA) is 94.8 Å². The second kappa shape index (κ2) is 7.47. The first-order chi connectivity index (χ1) is 13.2. The number of benzene rings is 1. The van der Waals surface area contributed by atoms with Gasteiger partial charge < -0.3 is 9.47 Å². The number of halogens is 1. The van der Waals surface area contributed by atoms with Crippen molar-refractivity contribution in [1.82, 2.24) is 14.6 Å². The Morgan fingerprint density at radius 3 is 2.54 bits per heavy atom. The molecule has 9 heteroatoms. The zero-order valence-corrected chi connectivity index (χ0v) is 16.6. The maximum atomic E-state index is 11.9. The van der Waals surface area contributed by atoms with Gasteiger partial charge in [0.15, 0.2) is 5.65 Å². The lowest BCUT2D eigenvalue weighted by Gasteiger charge is -2.18. The van der Waals surface area contributed by atoms with Crippen molar-refractivity contribution in [3.63, 3.8) is 0 Å². The second-order valence-electron chi connectivity index (χ2n) is 6.97. The van der Waals surface area contributed by atoms with Crippen LogP contribution in [-0.4, -0.2) is 39.4 Å². The van der Waals surface area contributed by atoms with Gasteiger partial charge in [0.05, 0.1) is 17.7 Å². The molecule has 146 valence electrons. The van der Waals surface area contributed by atoms with Crippen LogP contribution in [0.3, 0.4) is 0 Å². The number of hydrogen-bond donors (Lipinski definition) is 1. The van der Waals surface area contributed by atoms with E-state index in [1.54, 1.807) is 51.2 Å². The molecular weight excluding hydrogens is 384 g/mol. The molecule has 0 fully saturated rings. The number of rotatable bonds is 3. The van der Waals surface area contributed by atoms with E-state index in [0.717, 1.165) is 11.1 Å². The predicted octanol–water partition coefficient (Wildman–Crippen LogP) is 4.18. The molecule has 8 nitrogen and oxygen atoms in total. The van der Waals surface area contributed by atoms with Crippen molar-refractivity contribution in [2.45, 2.75) is 26.4 Å². The van der Waals surface area contributed by atoms with Crippen LogP contribution in [0.25, 0.3) is 16.8 Å². The van der Waals surface area contributed by atoms with Crippen LogP contribution in [0.2, 0.25) is 5.02 Å². The van der Waals surface area contributed by atoms with E-state index in [1.807, 2.05) is 6.07 Å². The van der Waals surface area contributed by atoms with Crippen molar-refractivity contribution < 1.29 is 19.1 Å². The summed E-state index contributed by atoms with van der Waals surface area (Å²) in [5.41, 5.74) is 1.72. The van der Waals surface area contributed by atoms with Crippen molar-refractivity contribution in [2.75, 3.05) is 12.4 Å². The van der Waals surface area contributed by atoms with Gasteiger partial charge >= 0.3 is 12.1 Å². The minimum Gasteiger partial charge on any atom is -0.465 e. The third-order valence-electron chi connectivity index (χ3n) is 3.66. The lowest BCUT2D eigenvalue weighted by atomic mass is 10.0. The number of fused-ring (bicyclic) bond motifs is 1. The number of amides is 1. The molecule has 1 aromatic carbocycles. The van der Waals surface area contributed by atoms with E-state index in [-0.39, 0.29) is 11.5 Å². The van der Waals surface area contributed by atoms with Crippen LogP contribution in [0.15, 0.2) is 36.5 Å². The van der Waals surface area contributed by atoms with E-state index in [2.05, 4.69) is 15.4 Å². The van der Waals surface area contributed by atoms with Gasteiger partial charge in [-0.25, -0.2) is 14.1 Å². The number of methoxy groups -OCH3 is 1. The van der Waals surface area contributed by atoms with Gasteiger partial charge in [-0.15, -0.1) is 5.10 Å². The Kier molecular flexibility index (Phi) is 5.24. The van der Waals surface area contributed by atoms with E-state index in [4.69, 9.17) is 21.1 Å². The average molecular weight is 403 g/mol. The van der Waals surface area contributed by atoms with Gasteiger partial charge in [0.25, 0.3) is 5.95 Å². The Balaban J connectivity index is 1.89. The first-order valence-corrected chi connectivity index (χ1v) is 8.79. The van der Waals surface area contributed by atoms with Crippen LogP contribution >= 0.6 is 11.6 Å². The number of nitrogens with one attached hydrogen (secondary N) is 1. The van der Waals surface area contributed by atoms with Crippen molar-refractivity contribution in [3.05, 3.63) is 47.1 Å². The number of ether oxygens (including phenoxy) is 2. The standard InChI is InChI=1S/C19H19ClN4O4/c1-19(2,3)28-18(26)22-17-21-15-10-12(7-8-24(15)23-17)11-5-6-14(20)13(9-11)16(25)27-4/h5-10H,1-4H3,(H,22,23,26). The molecule has 0 aliphatic heterocycles. The van der Waals surface area contributed by atoms with Gasteiger partial charge in [0.1, 0.15) is 5.60 Å². The van der Waals surface area contributed by atoms with Gasteiger partial charge in [-0.05, 0) is 56.2 Å². The summed E-state index contributed by atoms with van der Waals surface area (Å²) in [4.78, 5) is 28.0. The van der Waals surface area contributed by atoms with E-state index in [1.165, 1.54) is 11.6 Å². The number of esters is 1. The minimum atomic E-state index is -0.635. The maximum Gasteiger partial charge on any atom is 0.414 e. The fourth-order valence-corrected chi connectivity index (χ4v) is 2.67. The molecule has 28 heavy (non-hydrogen) atoms. The summed E-state index contributed by atoms with van der Waals surface area (Å²) >= 11 is 6.07. The summed E-state index contributed by atoms with van der Waals surface area (Å²) in [6, 6.07) is 8.65. The molecule has 0 bridgehead atoms. The van der Waals surface area contributed by atoms with Gasteiger partial charge in [-0.3, -0.25) is 5.32 Å². The van der Waals surface area contributed by atoms with Crippen LogP contribution in [0.5, 0.6) is 0 Å². The van der Waals surface area contributed by atoms with Crippen molar-refractivity contribution in [1.29, 1.82) is 0 Å². The number of hydrogen-bond acceptors (Lipinski definition) is 6. The highest BCUT2D eigenvalue weighted by atomic mass is 35.5. The maximum absolute atomic E-state index is 11.9. The first-order valence-electron chi connectivity index (χ1n) is 8.41. The van der Waals surface area contributed by atoms with Crippen molar-refractivity contribution in [3.8, 4) is 11.1 Å². The molecule has 1 N–H and O–H groups in total. The molecule has 0 unspecified atom stereocenters. The Hall–Kier alpha value is -3.13. The Morgan fingerprint density at radius 2 is 1.86 bits per heavy atom. The van der Waals surface area contributed by atoms with Crippen LogP contribution in [0.1, 0.15) is 31.1 Å². The molecule has 0 spiro atoms. The molecule has 0 aliphatic carbocycles. The highest BCUT2D eigenvalue weighted by Crippen LogP contribution is 2.26. The molecule has 3 rings (SSSR count). The molecule has 0 aliphatic rings. The van der Waals surface area contributed by atoms with E-state index < -0.39 is 17.7 Å². The number of pyridine rings is 1. The summed E-state index contributed by atoms with van der Waals surface area (Å²) in [7, 11) is 1.30. The number of carbonyl (C=O) groups excluding carboxylic acids is 2. The van der Waals surface area contributed by atoms with E-state index in [9.17, 15) is 9.59 Å². The largest absolute Gasteiger partial charge is 0.465 e. The fourth-order valence-electron chi connectivity index (χ4n) is 2.48. The number of aromatic nitrogens is 3. The van der Waals surface area contributed by atoms with Crippen molar-refractivity contribution >= 4 is 35.3 Å². The molecule has 2 aromatic heterocycles. The van der Waals surface area contributed by atoms with Crippen LogP contribution in [-0.2, 0) is 9.47 Å². The zero-order valence-electron chi connectivity index (χ0n) is 15.8. The summed E-state index contributed by atoms with van der Waals surface area (Å²) in [5, 5.41) is 7.00. The summed E-state index contributed by atoms with van der Waals surface area (Å²) < 4.78 is 11.5. The third kappa shape index (κ3) is 4.40. The lowest BCUT2D eigenvalue weighted by Crippen LogP contribution is -2.27. The van der Waals surface area contributed by atoms with Gasteiger partial charge in [-0.2, -0.15) is 4.98 Å². The van der Waals surface area contributed by atoms with Crippen LogP contribution < -0.4 is 5.32 Å². The quantitative estimate of drug-likeness (QED) is 0.660. The number of carbonyl (C=O) groups is 2. The molecule has 0 atom stereocenters. The van der Waals surface area contributed by atoms with Gasteiger partial charge in [0, 0.05) is 6.20 Å². The molecule has 1 amide bonds. The van der Waals surface area contributed by atoms with Crippen molar-refractivity contribution in [2.24, 2.45) is 0 Å². The normalized spacial score (nSPS) is 11.3. The molecule has 3 aromatic rings. The number of anilines is 1. The zero-order chi connectivity index (χ0) is 20.5. The first kappa shape index (κ1) is 19.6. The molecular formula is C19H19ClN4O4. The second-order valence-corrected chi connectivity index (χ2v) is 7.37. The molecule has 0 saturated carbocycles. The Morgan fingerprint density at radius 1 is 1.14 bits per heavy atom. The van der Waals surface area contributed by atoms with Crippen LogP contribution in [0, 0.1) is 0 Å². The average Bonchev–Trinajstić information content (AvgIpc) is 3.00. The third-order valence-corrected chi connectivity index (χ3v) is 3.98. The van der Waals surface area contributed by atoms with E-state index in [0.29, 0.717) is 10.7 Å². The highest BCUT2D eigenvalue weighted by Gasteiger charge is 2.18. The van der Waals surface area contributed by atoms with E-state index >= 15 is 0 Å². The smallest absolute Gasteiger partial charge is 0.414 e. The summed E-state index contributed by atoms with van der Waals surface area (Å²) in [5.74, 6) is -0.392.